The van der Waals surface area contributed by atoms with E-state index in [2.05, 4.69) is 77.9 Å². The van der Waals surface area contributed by atoms with E-state index in [0.717, 1.165) is 23.9 Å². The molecule has 2 aliphatic heterocycles. The van der Waals surface area contributed by atoms with Gasteiger partial charge in [0.1, 0.15) is 30.8 Å². The maximum atomic E-state index is 12.4. The number of nitrogens with zero attached hydrogens (tertiary/aromatic N) is 5. The maximum Gasteiger partial charge on any atom is 0.410 e. The Hall–Kier alpha value is -1.63. The highest BCUT2D eigenvalue weighted by atomic mass is 127. The summed E-state index contributed by atoms with van der Waals surface area (Å²) in [6.45, 7) is 3.08. The fourth-order valence-electron chi connectivity index (χ4n) is 5.70. The number of halogens is 1. The lowest BCUT2D eigenvalue weighted by atomic mass is 9.83. The highest BCUT2D eigenvalue weighted by Crippen LogP contribution is 2.39. The summed E-state index contributed by atoms with van der Waals surface area (Å²) in [5, 5.41) is 4.00. The van der Waals surface area contributed by atoms with Gasteiger partial charge in [0.2, 0.25) is 0 Å². The highest BCUT2D eigenvalue weighted by Gasteiger charge is 2.56. The number of ether oxygens (including phenoxy) is 4. The van der Waals surface area contributed by atoms with Crippen LogP contribution in [0.3, 0.4) is 0 Å². The molecule has 0 unspecified atom stereocenters. The molecule has 0 spiro atoms. The molecule has 0 radical (unpaired) electrons. The summed E-state index contributed by atoms with van der Waals surface area (Å²) in [5.74, 6) is 0. The summed E-state index contributed by atoms with van der Waals surface area (Å²) in [4.78, 5) is 17.0. The van der Waals surface area contributed by atoms with Gasteiger partial charge in [-0.25, -0.2) is 4.79 Å². The van der Waals surface area contributed by atoms with Crippen molar-refractivity contribution >= 4 is 28.7 Å². The fourth-order valence-corrected chi connectivity index (χ4v) is 6.39. The van der Waals surface area contributed by atoms with Crippen LogP contribution in [-0.2, 0) is 18.9 Å². The lowest BCUT2D eigenvalue weighted by molar-refractivity contribution is -0.922. The number of likely N-dealkylation sites (N-methyl/N-ethyl adjacent to an activating group) is 2. The fraction of sp³-hybridized carbons (Fsp3) is 0.720. The Balaban J connectivity index is 1.49. The Kier molecular flexibility index (Phi) is 8.68. The van der Waals surface area contributed by atoms with E-state index < -0.39 is 30.6 Å². The molecule has 1 aliphatic carbocycles. The molecule has 2 heterocycles. The van der Waals surface area contributed by atoms with Gasteiger partial charge in [-0.3, -0.25) is 0 Å². The number of hydrogen-bond donors (Lipinski definition) is 0. The zero-order valence-corrected chi connectivity index (χ0v) is 23.7. The standard InChI is InChI=1S/C25H37IN5O5/c1-15(16-9-7-6-8-10-16)31(3,4)14-17-11-12-18(26)24(34-17)35-22-19(28-29-27)13-20(33-5)21-23(22)36-25(32)30(21)2/h6-10,15,17-24H,11-14H2,1-5H3/q+1/t15-,17+,18+,19+,20+,21-,22-,23-,24-/m1/s1. The number of carbonyl (C=O) groups excluding carboxylic acids is 1. The number of rotatable bonds is 8. The topological polar surface area (TPSA) is 106 Å². The largest absolute Gasteiger partial charge is 0.441 e. The van der Waals surface area contributed by atoms with E-state index in [0.29, 0.717) is 12.5 Å². The normalized spacial score (nSPS) is 35.5. The molecule has 1 aromatic rings. The monoisotopic (exact) mass is 614 g/mol. The Morgan fingerprint density at radius 1 is 1.31 bits per heavy atom. The van der Waals surface area contributed by atoms with Gasteiger partial charge in [-0.05, 0) is 31.7 Å². The van der Waals surface area contributed by atoms with E-state index in [4.69, 9.17) is 18.9 Å². The lowest BCUT2D eigenvalue weighted by Crippen LogP contribution is -2.60. The van der Waals surface area contributed by atoms with Crippen LogP contribution in [0.1, 0.15) is 37.8 Å². The number of amides is 1. The van der Waals surface area contributed by atoms with Crippen LogP contribution in [0.4, 0.5) is 4.79 Å². The lowest BCUT2D eigenvalue weighted by Gasteiger charge is -2.45. The van der Waals surface area contributed by atoms with E-state index in [1.807, 2.05) is 6.07 Å². The van der Waals surface area contributed by atoms with E-state index in [9.17, 15) is 10.3 Å². The molecule has 1 amide bonds. The number of benzene rings is 1. The second-order valence-electron chi connectivity index (χ2n) is 10.6. The first-order chi connectivity index (χ1) is 17.2. The average Bonchev–Trinajstić information content (AvgIpc) is 3.16. The number of hydrogen-bond acceptors (Lipinski definition) is 6. The molecule has 0 aromatic heterocycles. The van der Waals surface area contributed by atoms with Crippen molar-refractivity contribution in [2.45, 2.75) is 78.9 Å². The summed E-state index contributed by atoms with van der Waals surface area (Å²) >= 11 is 2.37. The predicted molar refractivity (Wildman–Crippen MR) is 143 cm³/mol. The molecular weight excluding hydrogens is 577 g/mol. The first-order valence-electron chi connectivity index (χ1n) is 12.5. The smallest absolute Gasteiger partial charge is 0.410 e. The third kappa shape index (κ3) is 5.61. The summed E-state index contributed by atoms with van der Waals surface area (Å²) in [7, 11) is 7.76. The van der Waals surface area contributed by atoms with Crippen LogP contribution < -0.4 is 0 Å². The Morgan fingerprint density at radius 3 is 2.69 bits per heavy atom. The van der Waals surface area contributed by atoms with Crippen LogP contribution in [0, 0.1) is 0 Å². The van der Waals surface area contributed by atoms with Crippen molar-refractivity contribution in [2.75, 3.05) is 34.8 Å². The van der Waals surface area contributed by atoms with Crippen molar-refractivity contribution in [3.63, 3.8) is 0 Å². The molecule has 10 nitrogen and oxygen atoms in total. The minimum atomic E-state index is -0.613. The zero-order valence-electron chi connectivity index (χ0n) is 21.6. The number of methoxy groups -OCH3 is 1. The van der Waals surface area contributed by atoms with Gasteiger partial charge in [-0.15, -0.1) is 0 Å². The minimum absolute atomic E-state index is 0.0139. The van der Waals surface area contributed by atoms with Gasteiger partial charge in [0.25, 0.3) is 0 Å². The van der Waals surface area contributed by atoms with Crippen molar-refractivity contribution < 1.29 is 28.2 Å². The van der Waals surface area contributed by atoms with E-state index in [-0.39, 0.29) is 22.2 Å². The predicted octanol–water partition coefficient (Wildman–Crippen LogP) is 4.43. The van der Waals surface area contributed by atoms with Gasteiger partial charge in [-0.2, -0.15) is 0 Å². The van der Waals surface area contributed by atoms with Crippen LogP contribution in [0.15, 0.2) is 35.4 Å². The molecular formula is C25H37IN5O5+. The van der Waals surface area contributed by atoms with Gasteiger partial charge < -0.3 is 28.3 Å². The molecule has 36 heavy (non-hydrogen) atoms. The SMILES string of the molecule is CO[C@H]1C[C@H](N=[N+]=[N-])[C@@H](O[C@H]2O[C@H](C[N+](C)(C)[C@H](C)c3ccccc3)CC[C@@H]2I)[C@@H]2OC(=O)N(C)[C@@H]21. The van der Waals surface area contributed by atoms with Gasteiger partial charge in [0.15, 0.2) is 12.4 Å². The molecule has 3 aliphatic rings. The number of carbonyl (C=O) groups is 1. The van der Waals surface area contributed by atoms with Crippen molar-refractivity contribution in [1.82, 2.24) is 4.90 Å². The van der Waals surface area contributed by atoms with Gasteiger partial charge in [0.05, 0.1) is 30.2 Å². The van der Waals surface area contributed by atoms with Crippen LogP contribution in [0.2, 0.25) is 0 Å². The van der Waals surface area contributed by atoms with E-state index in [1.54, 1.807) is 19.1 Å². The molecule has 9 atom stereocenters. The summed E-state index contributed by atoms with van der Waals surface area (Å²) in [6.07, 6.45) is -0.109. The molecule has 0 bridgehead atoms. The van der Waals surface area contributed by atoms with Crippen LogP contribution in [0.25, 0.3) is 10.4 Å². The van der Waals surface area contributed by atoms with Crippen molar-refractivity contribution in [1.29, 1.82) is 0 Å². The first-order valence-corrected chi connectivity index (χ1v) is 13.7. The number of quaternary nitrogens is 1. The minimum Gasteiger partial charge on any atom is -0.441 e. The van der Waals surface area contributed by atoms with Crippen LogP contribution >= 0.6 is 22.6 Å². The maximum absolute atomic E-state index is 12.4. The molecule has 2 saturated heterocycles. The highest BCUT2D eigenvalue weighted by molar-refractivity contribution is 14.1. The van der Waals surface area contributed by atoms with Crippen LogP contribution in [-0.4, -0.2) is 97.0 Å². The zero-order chi connectivity index (χ0) is 26.0. The van der Waals surface area contributed by atoms with Gasteiger partial charge >= 0.3 is 6.09 Å². The van der Waals surface area contributed by atoms with Crippen LogP contribution in [0.5, 0.6) is 0 Å². The van der Waals surface area contributed by atoms with Crippen molar-refractivity contribution in [3.05, 3.63) is 46.3 Å². The van der Waals surface area contributed by atoms with Crippen molar-refractivity contribution in [3.8, 4) is 0 Å². The summed E-state index contributed by atoms with van der Waals surface area (Å²) in [6, 6.07) is 9.99. The number of alkyl halides is 1. The van der Waals surface area contributed by atoms with Gasteiger partial charge in [0, 0.05) is 24.6 Å². The van der Waals surface area contributed by atoms with E-state index >= 15 is 0 Å². The second-order valence-corrected chi connectivity index (χ2v) is 12.2. The summed E-state index contributed by atoms with van der Waals surface area (Å²) in [5.41, 5.74) is 10.5. The Bertz CT molecular complexity index is 961. The molecule has 11 heteroatoms. The van der Waals surface area contributed by atoms with Gasteiger partial charge in [-0.1, -0.05) is 58.0 Å². The molecule has 4 rings (SSSR count). The first kappa shape index (κ1) is 27.4. The van der Waals surface area contributed by atoms with Crippen molar-refractivity contribution in [2.24, 2.45) is 5.11 Å². The molecule has 1 aromatic carbocycles. The third-order valence-electron chi connectivity index (χ3n) is 8.05. The summed E-state index contributed by atoms with van der Waals surface area (Å²) < 4.78 is 25.3. The number of azide groups is 1. The second kappa shape index (κ2) is 11.4. The van der Waals surface area contributed by atoms with E-state index in [1.165, 1.54) is 5.56 Å². The quantitative estimate of drug-likeness (QED) is 0.108. The molecule has 1 saturated carbocycles. The third-order valence-corrected chi connectivity index (χ3v) is 9.26. The number of fused-ring (bicyclic) bond motifs is 1. The Labute approximate surface area is 226 Å². The molecule has 3 fully saturated rings. The Morgan fingerprint density at radius 2 is 2.03 bits per heavy atom. The average molecular weight is 615 g/mol. The molecule has 198 valence electrons. The molecule has 0 N–H and O–H groups in total.